The zero-order valence-electron chi connectivity index (χ0n) is 15.5. The highest BCUT2D eigenvalue weighted by atomic mass is 16.5. The number of hydrogen-bond acceptors (Lipinski definition) is 4. The highest BCUT2D eigenvalue weighted by molar-refractivity contribution is 6.14. The molecule has 1 heterocycles. The van der Waals surface area contributed by atoms with E-state index in [-0.39, 0.29) is 18.1 Å². The number of Topliss-reactive ketones (excluding diaryl/α,β-unsaturated/α-hetero) is 1. The Kier molecular flexibility index (Phi) is 4.85. The molecule has 0 atom stereocenters. The molecule has 4 heteroatoms. The lowest BCUT2D eigenvalue weighted by Gasteiger charge is -2.20. The number of ether oxygens (including phenoxy) is 2. The van der Waals surface area contributed by atoms with Crippen LogP contribution in [0.4, 0.5) is 0 Å². The number of rotatable bonds is 4. The molecule has 0 aromatic heterocycles. The summed E-state index contributed by atoms with van der Waals surface area (Å²) < 4.78 is 11.2. The Morgan fingerprint density at radius 1 is 1.04 bits per heavy atom. The van der Waals surface area contributed by atoms with Crippen LogP contribution in [0.15, 0.2) is 72.3 Å². The van der Waals surface area contributed by atoms with Crippen LogP contribution in [0.3, 0.4) is 0 Å². The van der Waals surface area contributed by atoms with Crippen LogP contribution < -0.4 is 9.47 Å². The van der Waals surface area contributed by atoms with Crippen LogP contribution in [0.2, 0.25) is 0 Å². The molecule has 1 N–H and O–H groups in total. The van der Waals surface area contributed by atoms with Crippen molar-refractivity contribution in [3.05, 3.63) is 83.4 Å². The molecule has 3 aromatic rings. The van der Waals surface area contributed by atoms with Crippen LogP contribution in [-0.2, 0) is 0 Å². The summed E-state index contributed by atoms with van der Waals surface area (Å²) in [6.45, 7) is 2.51. The van der Waals surface area contributed by atoms with Crippen LogP contribution in [0.25, 0.3) is 17.2 Å². The quantitative estimate of drug-likeness (QED) is 0.646. The van der Waals surface area contributed by atoms with Gasteiger partial charge in [0.1, 0.15) is 12.4 Å². The minimum Gasteiger partial charge on any atom is -0.504 e. The van der Waals surface area contributed by atoms with Gasteiger partial charge in [0.25, 0.3) is 0 Å². The van der Waals surface area contributed by atoms with E-state index in [9.17, 15) is 9.90 Å². The highest BCUT2D eigenvalue weighted by Gasteiger charge is 2.24. The van der Waals surface area contributed by atoms with Crippen LogP contribution >= 0.6 is 0 Å². The molecule has 0 aliphatic carbocycles. The summed E-state index contributed by atoms with van der Waals surface area (Å²) in [4.78, 5) is 13.1. The first kappa shape index (κ1) is 17.9. The number of fused-ring (bicyclic) bond motifs is 1. The first-order valence-electron chi connectivity index (χ1n) is 9.19. The van der Waals surface area contributed by atoms with Gasteiger partial charge in [-0.3, -0.25) is 4.79 Å². The maximum Gasteiger partial charge on any atom is 0.196 e. The molecule has 4 nitrogen and oxygen atoms in total. The minimum absolute atomic E-state index is 0.0509. The van der Waals surface area contributed by atoms with Gasteiger partial charge in [0.05, 0.1) is 12.2 Å². The van der Waals surface area contributed by atoms with E-state index in [4.69, 9.17) is 9.47 Å². The molecule has 140 valence electrons. The Hall–Kier alpha value is -3.53. The van der Waals surface area contributed by atoms with Crippen molar-refractivity contribution in [2.45, 2.75) is 6.92 Å². The van der Waals surface area contributed by atoms with Gasteiger partial charge in [-0.25, -0.2) is 0 Å². The third-order valence-corrected chi connectivity index (χ3v) is 4.63. The molecule has 3 aromatic carbocycles. The molecule has 0 unspecified atom stereocenters. The molecular weight excluding hydrogens is 352 g/mol. The highest BCUT2D eigenvalue weighted by Crippen LogP contribution is 2.33. The monoisotopic (exact) mass is 372 g/mol. The molecule has 4 rings (SSSR count). The molecule has 0 spiro atoms. The van der Waals surface area contributed by atoms with Crippen LogP contribution in [0.5, 0.6) is 17.2 Å². The van der Waals surface area contributed by atoms with Gasteiger partial charge in [0.2, 0.25) is 0 Å². The molecule has 0 bridgehead atoms. The Morgan fingerprint density at radius 3 is 2.64 bits per heavy atom. The van der Waals surface area contributed by atoms with Gasteiger partial charge in [-0.15, -0.1) is 0 Å². The number of phenolic OH excluding ortho intramolecular Hbond substituents is 1. The largest absolute Gasteiger partial charge is 0.504 e. The average Bonchev–Trinajstić information content (AvgIpc) is 2.73. The summed E-state index contributed by atoms with van der Waals surface area (Å²) in [5.74, 6) is 1.02. The van der Waals surface area contributed by atoms with E-state index in [1.54, 1.807) is 24.3 Å². The van der Waals surface area contributed by atoms with Crippen molar-refractivity contribution in [3.63, 3.8) is 0 Å². The second kappa shape index (κ2) is 7.61. The van der Waals surface area contributed by atoms with Gasteiger partial charge in [-0.2, -0.15) is 0 Å². The fourth-order valence-corrected chi connectivity index (χ4v) is 3.24. The fraction of sp³-hybridized carbons (Fsp3) is 0.125. The van der Waals surface area contributed by atoms with Gasteiger partial charge in [-0.1, -0.05) is 42.5 Å². The van der Waals surface area contributed by atoms with E-state index < -0.39 is 0 Å². The van der Waals surface area contributed by atoms with E-state index in [0.717, 1.165) is 16.7 Å². The van der Waals surface area contributed by atoms with Crippen molar-refractivity contribution in [3.8, 4) is 28.4 Å². The number of ketones is 1. The van der Waals surface area contributed by atoms with Crippen molar-refractivity contribution in [2.24, 2.45) is 0 Å². The maximum absolute atomic E-state index is 13.1. The summed E-state index contributed by atoms with van der Waals surface area (Å²) >= 11 is 0. The van der Waals surface area contributed by atoms with Crippen LogP contribution in [-0.4, -0.2) is 24.1 Å². The Labute approximate surface area is 163 Å². The van der Waals surface area contributed by atoms with Gasteiger partial charge < -0.3 is 14.6 Å². The number of benzene rings is 3. The maximum atomic E-state index is 13.1. The summed E-state index contributed by atoms with van der Waals surface area (Å²) in [5.41, 5.74) is 3.92. The van der Waals surface area contributed by atoms with Gasteiger partial charge in [0.15, 0.2) is 17.3 Å². The molecule has 28 heavy (non-hydrogen) atoms. The molecule has 0 saturated heterocycles. The summed E-state index contributed by atoms with van der Waals surface area (Å²) in [7, 11) is 0. The lowest BCUT2D eigenvalue weighted by molar-refractivity contribution is 0.100. The topological polar surface area (TPSA) is 55.8 Å². The average molecular weight is 372 g/mol. The minimum atomic E-state index is -0.0509. The fourth-order valence-electron chi connectivity index (χ4n) is 3.24. The number of aromatic hydroxyl groups is 1. The van der Waals surface area contributed by atoms with Gasteiger partial charge >= 0.3 is 0 Å². The molecular formula is C24H20O4. The summed E-state index contributed by atoms with van der Waals surface area (Å²) in [5, 5.41) is 9.86. The van der Waals surface area contributed by atoms with E-state index in [1.165, 1.54) is 0 Å². The van der Waals surface area contributed by atoms with E-state index >= 15 is 0 Å². The zero-order chi connectivity index (χ0) is 19.5. The van der Waals surface area contributed by atoms with Crippen molar-refractivity contribution in [1.82, 2.24) is 0 Å². The third kappa shape index (κ3) is 3.49. The van der Waals surface area contributed by atoms with Crippen molar-refractivity contribution in [2.75, 3.05) is 13.2 Å². The predicted octanol–water partition coefficient (Wildman–Crippen LogP) is 5.12. The van der Waals surface area contributed by atoms with Crippen LogP contribution in [0.1, 0.15) is 22.8 Å². The van der Waals surface area contributed by atoms with E-state index in [0.29, 0.717) is 29.2 Å². The molecule has 0 amide bonds. The lowest BCUT2D eigenvalue weighted by atomic mass is 9.94. The number of carbonyl (C=O) groups is 1. The number of carbonyl (C=O) groups excluding carboxylic acids is 1. The predicted molar refractivity (Wildman–Crippen MR) is 109 cm³/mol. The Bertz CT molecular complexity index is 1050. The van der Waals surface area contributed by atoms with E-state index in [1.807, 2.05) is 55.5 Å². The second-order valence-electron chi connectivity index (χ2n) is 6.52. The molecule has 0 fully saturated rings. The van der Waals surface area contributed by atoms with Crippen LogP contribution in [0, 0.1) is 0 Å². The van der Waals surface area contributed by atoms with Crippen molar-refractivity contribution >= 4 is 11.9 Å². The normalized spacial score (nSPS) is 14.5. The third-order valence-electron chi connectivity index (χ3n) is 4.63. The number of hydrogen-bond donors (Lipinski definition) is 1. The van der Waals surface area contributed by atoms with Gasteiger partial charge in [-0.05, 0) is 54.0 Å². The Balaban J connectivity index is 1.68. The second-order valence-corrected chi connectivity index (χ2v) is 6.52. The first-order valence-corrected chi connectivity index (χ1v) is 9.19. The number of phenols is 1. The molecule has 1 aliphatic rings. The van der Waals surface area contributed by atoms with Gasteiger partial charge in [0, 0.05) is 5.57 Å². The first-order chi connectivity index (χ1) is 13.7. The van der Waals surface area contributed by atoms with Crippen molar-refractivity contribution in [1.29, 1.82) is 0 Å². The standard InChI is InChI=1S/C24H20O4/c1-2-27-23-13-16(8-10-21(23)25)12-19-15-28-22-11-9-18(14-20(22)24(19)26)17-6-4-3-5-7-17/h3-14,25H,2,15H2,1H3/b19-12+. The lowest BCUT2D eigenvalue weighted by Crippen LogP contribution is -2.19. The summed E-state index contributed by atoms with van der Waals surface area (Å²) in [6.07, 6.45) is 1.78. The van der Waals surface area contributed by atoms with E-state index in [2.05, 4.69) is 0 Å². The molecule has 1 aliphatic heterocycles. The smallest absolute Gasteiger partial charge is 0.196 e. The molecule has 0 radical (unpaired) electrons. The van der Waals surface area contributed by atoms with Crippen molar-refractivity contribution < 1.29 is 19.4 Å². The molecule has 0 saturated carbocycles. The SMILES string of the molecule is CCOc1cc(/C=C2\COc3ccc(-c4ccccc4)cc3C2=O)ccc1O. The Morgan fingerprint density at radius 2 is 1.86 bits per heavy atom. The zero-order valence-corrected chi connectivity index (χ0v) is 15.5. The summed E-state index contributed by atoms with van der Waals surface area (Å²) in [6, 6.07) is 20.6.